The van der Waals surface area contributed by atoms with Crippen molar-refractivity contribution in [1.29, 1.82) is 0 Å². The van der Waals surface area contributed by atoms with Gasteiger partial charge in [0.2, 0.25) is 0 Å². The zero-order valence-corrected chi connectivity index (χ0v) is 26.2. The highest BCUT2D eigenvalue weighted by Gasteiger charge is 2.23. The Balaban J connectivity index is 1.04. The van der Waals surface area contributed by atoms with Gasteiger partial charge in [-0.1, -0.05) is 23.7 Å². The van der Waals surface area contributed by atoms with Gasteiger partial charge in [-0.25, -0.2) is 4.79 Å². The number of likely N-dealkylation sites (tertiary alicyclic amines) is 1. The number of benzene rings is 2. The minimum Gasteiger partial charge on any atom is -0.492 e. The highest BCUT2D eigenvalue weighted by molar-refractivity contribution is 6.34. The molecule has 1 aromatic heterocycles. The summed E-state index contributed by atoms with van der Waals surface area (Å²) in [5, 5.41) is 8.45. The number of hydrogen-bond acceptors (Lipinski definition) is 6. The Labute approximate surface area is 255 Å². The van der Waals surface area contributed by atoms with Crippen LogP contribution >= 0.6 is 11.6 Å². The first-order valence-corrected chi connectivity index (χ1v) is 16.0. The molecule has 2 aliphatic heterocycles. The molecule has 0 amide bonds. The van der Waals surface area contributed by atoms with Crippen LogP contribution in [-0.4, -0.2) is 73.9 Å². The van der Waals surface area contributed by atoms with E-state index in [9.17, 15) is 4.79 Å². The van der Waals surface area contributed by atoms with E-state index in [2.05, 4.69) is 20.5 Å². The van der Waals surface area contributed by atoms with Crippen molar-refractivity contribution in [3.8, 4) is 16.9 Å². The highest BCUT2D eigenvalue weighted by atomic mass is 35.5. The molecule has 3 N–H and O–H groups in total. The SMILES string of the molecule is CC(C)(C)OC(=O)c1c[nH]c2cc(Cl)c(-c3ccc(OCCNCCC4CCN(CC5CCNCC5)CC4)cc3)cc12. The lowest BCUT2D eigenvalue weighted by molar-refractivity contribution is 0.00719. The van der Waals surface area contributed by atoms with Gasteiger partial charge in [0.1, 0.15) is 18.0 Å². The van der Waals surface area contributed by atoms with Crippen molar-refractivity contribution in [3.63, 3.8) is 0 Å². The number of esters is 1. The number of H-pyrrole nitrogens is 1. The number of piperidine rings is 2. The maximum absolute atomic E-state index is 12.7. The summed E-state index contributed by atoms with van der Waals surface area (Å²) in [5.41, 5.74) is 2.56. The molecule has 2 aromatic carbocycles. The van der Waals surface area contributed by atoms with Crippen molar-refractivity contribution in [2.24, 2.45) is 11.8 Å². The zero-order valence-electron chi connectivity index (χ0n) is 25.4. The molecule has 0 bridgehead atoms. The summed E-state index contributed by atoms with van der Waals surface area (Å²) in [7, 11) is 0. The smallest absolute Gasteiger partial charge is 0.340 e. The quantitative estimate of drug-likeness (QED) is 0.173. The monoisotopic (exact) mass is 594 g/mol. The van der Waals surface area contributed by atoms with E-state index in [1.54, 1.807) is 6.20 Å². The van der Waals surface area contributed by atoms with E-state index in [0.717, 1.165) is 52.7 Å². The van der Waals surface area contributed by atoms with Gasteiger partial charge >= 0.3 is 5.97 Å². The Morgan fingerprint density at radius 2 is 1.76 bits per heavy atom. The zero-order chi connectivity index (χ0) is 29.5. The molecular weight excluding hydrogens is 548 g/mol. The molecule has 0 atom stereocenters. The summed E-state index contributed by atoms with van der Waals surface area (Å²) >= 11 is 6.63. The molecular formula is C34H47ClN4O3. The Morgan fingerprint density at radius 1 is 1.02 bits per heavy atom. The maximum atomic E-state index is 12.7. The Bertz CT molecular complexity index is 1300. The van der Waals surface area contributed by atoms with Gasteiger partial charge < -0.3 is 30.0 Å². The third-order valence-corrected chi connectivity index (χ3v) is 8.83. The van der Waals surface area contributed by atoms with Crippen LogP contribution in [0.3, 0.4) is 0 Å². The van der Waals surface area contributed by atoms with Crippen LogP contribution in [0, 0.1) is 11.8 Å². The second-order valence-corrected chi connectivity index (χ2v) is 13.3. The number of nitrogens with zero attached hydrogens (tertiary/aromatic N) is 1. The van der Waals surface area contributed by atoms with Gasteiger partial charge in [-0.2, -0.15) is 0 Å². The molecule has 0 saturated carbocycles. The van der Waals surface area contributed by atoms with Crippen molar-refractivity contribution < 1.29 is 14.3 Å². The van der Waals surface area contributed by atoms with Crippen molar-refractivity contribution in [1.82, 2.24) is 20.5 Å². The maximum Gasteiger partial charge on any atom is 0.340 e. The summed E-state index contributed by atoms with van der Waals surface area (Å²) in [6, 6.07) is 11.8. The molecule has 8 heteroatoms. The topological polar surface area (TPSA) is 78.6 Å². The van der Waals surface area contributed by atoms with Gasteiger partial charge in [0.15, 0.2) is 0 Å². The normalized spacial score (nSPS) is 17.5. The second-order valence-electron chi connectivity index (χ2n) is 12.9. The third-order valence-electron chi connectivity index (χ3n) is 8.51. The minimum absolute atomic E-state index is 0.354. The predicted molar refractivity (Wildman–Crippen MR) is 172 cm³/mol. The van der Waals surface area contributed by atoms with E-state index in [1.165, 1.54) is 64.8 Å². The van der Waals surface area contributed by atoms with Crippen molar-refractivity contribution in [3.05, 3.63) is 53.2 Å². The summed E-state index contributed by atoms with van der Waals surface area (Å²) in [4.78, 5) is 18.6. The molecule has 3 aromatic rings. The molecule has 7 nitrogen and oxygen atoms in total. The molecule has 3 heterocycles. The van der Waals surface area contributed by atoms with Crippen LogP contribution in [0.25, 0.3) is 22.0 Å². The lowest BCUT2D eigenvalue weighted by Crippen LogP contribution is -2.40. The van der Waals surface area contributed by atoms with Crippen molar-refractivity contribution >= 4 is 28.5 Å². The average molecular weight is 595 g/mol. The molecule has 2 saturated heterocycles. The van der Waals surface area contributed by atoms with Crippen molar-refractivity contribution in [2.45, 2.75) is 58.5 Å². The van der Waals surface area contributed by atoms with Gasteiger partial charge in [-0.3, -0.25) is 0 Å². The van der Waals surface area contributed by atoms with Gasteiger partial charge in [-0.15, -0.1) is 0 Å². The van der Waals surface area contributed by atoms with E-state index in [-0.39, 0.29) is 5.97 Å². The largest absolute Gasteiger partial charge is 0.492 e. The van der Waals surface area contributed by atoms with E-state index in [4.69, 9.17) is 21.1 Å². The van der Waals surface area contributed by atoms with E-state index in [0.29, 0.717) is 17.2 Å². The number of carbonyl (C=O) groups is 1. The molecule has 0 aliphatic carbocycles. The lowest BCUT2D eigenvalue weighted by atomic mass is 9.91. The van der Waals surface area contributed by atoms with Gasteiger partial charge in [0.05, 0.1) is 10.6 Å². The van der Waals surface area contributed by atoms with Gasteiger partial charge in [0, 0.05) is 35.8 Å². The number of hydrogen-bond donors (Lipinski definition) is 3. The van der Waals surface area contributed by atoms with Crippen LogP contribution in [0.15, 0.2) is 42.6 Å². The lowest BCUT2D eigenvalue weighted by Gasteiger charge is -2.35. The Hall–Kier alpha value is -2.58. The number of halogens is 1. The van der Waals surface area contributed by atoms with Gasteiger partial charge in [0.25, 0.3) is 0 Å². The average Bonchev–Trinajstić information content (AvgIpc) is 3.38. The van der Waals surface area contributed by atoms with E-state index in [1.807, 2.05) is 57.2 Å². The fourth-order valence-corrected chi connectivity index (χ4v) is 6.43. The summed E-state index contributed by atoms with van der Waals surface area (Å²) in [5.74, 6) is 2.21. The minimum atomic E-state index is -0.564. The number of nitrogens with one attached hydrogen (secondary N) is 3. The molecule has 228 valence electrons. The second kappa shape index (κ2) is 14.3. The molecule has 2 fully saturated rings. The van der Waals surface area contributed by atoms with Crippen LogP contribution in [-0.2, 0) is 4.74 Å². The predicted octanol–water partition coefficient (Wildman–Crippen LogP) is 6.51. The first-order chi connectivity index (χ1) is 20.2. The molecule has 5 rings (SSSR count). The van der Waals surface area contributed by atoms with Gasteiger partial charge in [-0.05, 0) is 127 Å². The molecule has 0 radical (unpaired) electrons. The Morgan fingerprint density at radius 3 is 2.48 bits per heavy atom. The highest BCUT2D eigenvalue weighted by Crippen LogP contribution is 2.34. The molecule has 0 spiro atoms. The third kappa shape index (κ3) is 8.50. The number of fused-ring (bicyclic) bond motifs is 1. The van der Waals surface area contributed by atoms with E-state index >= 15 is 0 Å². The number of carbonyl (C=O) groups excluding carboxylic acids is 1. The van der Waals surface area contributed by atoms with E-state index < -0.39 is 5.60 Å². The van der Waals surface area contributed by atoms with Crippen LogP contribution in [0.1, 0.15) is 63.2 Å². The number of aromatic nitrogens is 1. The molecule has 0 unspecified atom stereocenters. The summed E-state index contributed by atoms with van der Waals surface area (Å²) in [6.07, 6.45) is 8.28. The first kappa shape index (κ1) is 30.9. The van der Waals surface area contributed by atoms with Crippen LogP contribution in [0.5, 0.6) is 5.75 Å². The standard InChI is InChI=1S/C34H47ClN4O3/c1-34(2,3)42-33(40)30-22-38-32-21-31(35)28(20-29(30)32)26-4-6-27(7-5-26)41-19-16-37-13-8-24-11-17-39(18-12-24)23-25-9-14-36-15-10-25/h4-7,20-22,24-25,36-38H,8-19,23H2,1-3H3. The number of aromatic amines is 1. The van der Waals surface area contributed by atoms with Crippen molar-refractivity contribution in [2.75, 3.05) is 52.4 Å². The summed E-state index contributed by atoms with van der Waals surface area (Å²) in [6.45, 7) is 14.3. The first-order valence-electron chi connectivity index (χ1n) is 15.7. The van der Waals surface area contributed by atoms with Crippen LogP contribution in [0.2, 0.25) is 5.02 Å². The number of ether oxygens (including phenoxy) is 2. The van der Waals surface area contributed by atoms with Crippen LogP contribution in [0.4, 0.5) is 0 Å². The fourth-order valence-electron chi connectivity index (χ4n) is 6.16. The molecule has 42 heavy (non-hydrogen) atoms. The fraction of sp³-hybridized carbons (Fsp3) is 0.559. The van der Waals surface area contributed by atoms with Crippen LogP contribution < -0.4 is 15.4 Å². The summed E-state index contributed by atoms with van der Waals surface area (Å²) < 4.78 is 11.6. The molecule has 2 aliphatic rings. The number of rotatable bonds is 11. The Kier molecular flexibility index (Phi) is 10.5.